The lowest BCUT2D eigenvalue weighted by molar-refractivity contribution is -0.158. The first-order valence-corrected chi connectivity index (χ1v) is 5.97. The molecule has 0 aromatic rings. The summed E-state index contributed by atoms with van der Waals surface area (Å²) in [7, 11) is 1.36. The number of methoxy groups -OCH3 is 1. The number of allylic oxidation sites excluding steroid dienone is 2. The van der Waals surface area contributed by atoms with Gasteiger partial charge in [0.1, 0.15) is 5.41 Å². The van der Waals surface area contributed by atoms with E-state index in [-0.39, 0.29) is 11.8 Å². The number of hydrogen-bond donors (Lipinski definition) is 0. The van der Waals surface area contributed by atoms with Crippen LogP contribution in [-0.4, -0.2) is 18.9 Å². The van der Waals surface area contributed by atoms with E-state index in [1.165, 1.54) is 13.2 Å². The van der Waals surface area contributed by atoms with Crippen LogP contribution < -0.4 is 0 Å². The van der Waals surface area contributed by atoms with Crippen molar-refractivity contribution in [2.45, 2.75) is 45.4 Å². The van der Waals surface area contributed by atoms with Gasteiger partial charge in [0.05, 0.1) is 7.11 Å². The standard InChI is InChI=1S/C13H20O3/c1-3-4-6-9-13(12(15)16-2)10-7-5-8-11(13)14/h5,8H,3-4,6-7,9-10H2,1-2H3/t13-/m0/s1. The molecule has 0 aromatic carbocycles. The first kappa shape index (κ1) is 12.9. The second-order valence-corrected chi connectivity index (χ2v) is 4.34. The van der Waals surface area contributed by atoms with Gasteiger partial charge in [-0.05, 0) is 25.3 Å². The Kier molecular flexibility index (Phi) is 4.71. The fourth-order valence-electron chi connectivity index (χ4n) is 2.23. The van der Waals surface area contributed by atoms with Crippen molar-refractivity contribution in [3.8, 4) is 0 Å². The molecule has 1 aliphatic carbocycles. The largest absolute Gasteiger partial charge is 0.468 e. The molecule has 0 aliphatic heterocycles. The zero-order valence-corrected chi connectivity index (χ0v) is 10.1. The van der Waals surface area contributed by atoms with Gasteiger partial charge in [0.25, 0.3) is 0 Å². The van der Waals surface area contributed by atoms with Crippen LogP contribution in [0.5, 0.6) is 0 Å². The highest BCUT2D eigenvalue weighted by molar-refractivity contribution is 6.09. The Labute approximate surface area is 96.9 Å². The first-order chi connectivity index (χ1) is 7.67. The molecule has 16 heavy (non-hydrogen) atoms. The van der Waals surface area contributed by atoms with Gasteiger partial charge in [-0.2, -0.15) is 0 Å². The molecule has 3 nitrogen and oxygen atoms in total. The lowest BCUT2D eigenvalue weighted by Gasteiger charge is -2.30. The van der Waals surface area contributed by atoms with Crippen LogP contribution in [0.15, 0.2) is 12.2 Å². The highest BCUT2D eigenvalue weighted by Gasteiger charge is 2.45. The summed E-state index contributed by atoms with van der Waals surface area (Å²) in [6, 6.07) is 0. The fourth-order valence-corrected chi connectivity index (χ4v) is 2.23. The van der Waals surface area contributed by atoms with Crippen molar-refractivity contribution in [3.63, 3.8) is 0 Å². The van der Waals surface area contributed by atoms with Crippen LogP contribution in [0, 0.1) is 5.41 Å². The number of carbonyl (C=O) groups is 2. The molecule has 0 fully saturated rings. The van der Waals surface area contributed by atoms with Gasteiger partial charge in [0.2, 0.25) is 0 Å². The fraction of sp³-hybridized carbons (Fsp3) is 0.692. The Morgan fingerprint density at radius 3 is 2.81 bits per heavy atom. The van der Waals surface area contributed by atoms with Gasteiger partial charge in [-0.15, -0.1) is 0 Å². The summed E-state index contributed by atoms with van der Waals surface area (Å²) in [5, 5.41) is 0. The van der Waals surface area contributed by atoms with Crippen molar-refractivity contribution in [3.05, 3.63) is 12.2 Å². The molecule has 0 radical (unpaired) electrons. The maximum atomic E-state index is 11.9. The molecule has 3 heteroatoms. The molecule has 0 aromatic heterocycles. The van der Waals surface area contributed by atoms with E-state index in [9.17, 15) is 9.59 Å². The predicted molar refractivity (Wildman–Crippen MR) is 62.0 cm³/mol. The van der Waals surface area contributed by atoms with Gasteiger partial charge in [0.15, 0.2) is 5.78 Å². The number of ketones is 1. The zero-order chi connectivity index (χ0) is 12.0. The molecule has 0 unspecified atom stereocenters. The monoisotopic (exact) mass is 224 g/mol. The second kappa shape index (κ2) is 5.83. The van der Waals surface area contributed by atoms with Crippen LogP contribution in [0.4, 0.5) is 0 Å². The Hall–Kier alpha value is -1.12. The summed E-state index contributed by atoms with van der Waals surface area (Å²) in [4.78, 5) is 23.7. The maximum absolute atomic E-state index is 11.9. The smallest absolute Gasteiger partial charge is 0.319 e. The van der Waals surface area contributed by atoms with Crippen LogP contribution in [0.2, 0.25) is 0 Å². The highest BCUT2D eigenvalue weighted by atomic mass is 16.5. The summed E-state index contributed by atoms with van der Waals surface area (Å²) < 4.78 is 4.80. The first-order valence-electron chi connectivity index (χ1n) is 5.97. The molecule has 1 aliphatic rings. The van der Waals surface area contributed by atoms with Crippen LogP contribution in [0.1, 0.15) is 45.4 Å². The Bertz CT molecular complexity index is 294. The highest BCUT2D eigenvalue weighted by Crippen LogP contribution is 2.36. The Morgan fingerprint density at radius 2 is 2.25 bits per heavy atom. The van der Waals surface area contributed by atoms with E-state index in [2.05, 4.69) is 6.92 Å². The van der Waals surface area contributed by atoms with Crippen molar-refractivity contribution < 1.29 is 14.3 Å². The van der Waals surface area contributed by atoms with Crippen molar-refractivity contribution in [2.24, 2.45) is 5.41 Å². The van der Waals surface area contributed by atoms with Crippen molar-refractivity contribution >= 4 is 11.8 Å². The third-order valence-corrected chi connectivity index (χ3v) is 3.26. The predicted octanol–water partition coefficient (Wildman–Crippen LogP) is 2.65. The molecule has 0 heterocycles. The number of rotatable bonds is 5. The van der Waals surface area contributed by atoms with Crippen LogP contribution in [-0.2, 0) is 14.3 Å². The van der Waals surface area contributed by atoms with E-state index in [0.29, 0.717) is 12.8 Å². The Balaban J connectivity index is 2.80. The van der Waals surface area contributed by atoms with Gasteiger partial charge in [-0.1, -0.05) is 32.3 Å². The molecule has 0 N–H and O–H groups in total. The summed E-state index contributed by atoms with van der Waals surface area (Å²) in [6.45, 7) is 2.10. The van der Waals surface area contributed by atoms with Gasteiger partial charge in [-0.25, -0.2) is 0 Å². The average molecular weight is 224 g/mol. The number of unbranched alkanes of at least 4 members (excludes halogenated alkanes) is 2. The van der Waals surface area contributed by atoms with Crippen molar-refractivity contribution in [1.82, 2.24) is 0 Å². The van der Waals surface area contributed by atoms with Gasteiger partial charge >= 0.3 is 5.97 Å². The third kappa shape index (κ3) is 2.52. The molecule has 1 rings (SSSR count). The SMILES string of the molecule is CCCCC[C@]1(C(=O)OC)CCC=CC1=O. The number of carbonyl (C=O) groups excluding carboxylic acids is 2. The number of hydrogen-bond acceptors (Lipinski definition) is 3. The van der Waals surface area contributed by atoms with E-state index in [0.717, 1.165) is 25.7 Å². The summed E-state index contributed by atoms with van der Waals surface area (Å²) >= 11 is 0. The molecular formula is C13H20O3. The lowest BCUT2D eigenvalue weighted by Crippen LogP contribution is -2.40. The molecule has 0 saturated carbocycles. The average Bonchev–Trinajstić information content (AvgIpc) is 2.31. The van der Waals surface area contributed by atoms with E-state index >= 15 is 0 Å². The van der Waals surface area contributed by atoms with Crippen molar-refractivity contribution in [1.29, 1.82) is 0 Å². The normalized spacial score (nSPS) is 24.5. The zero-order valence-electron chi connectivity index (χ0n) is 10.1. The minimum atomic E-state index is -0.890. The second-order valence-electron chi connectivity index (χ2n) is 4.34. The van der Waals surface area contributed by atoms with E-state index < -0.39 is 5.41 Å². The molecular weight excluding hydrogens is 204 g/mol. The lowest BCUT2D eigenvalue weighted by atomic mass is 9.72. The van der Waals surface area contributed by atoms with Gasteiger partial charge in [-0.3, -0.25) is 9.59 Å². The minimum Gasteiger partial charge on any atom is -0.468 e. The van der Waals surface area contributed by atoms with E-state index in [1.807, 2.05) is 6.08 Å². The summed E-state index contributed by atoms with van der Waals surface area (Å²) in [5.41, 5.74) is -0.890. The summed E-state index contributed by atoms with van der Waals surface area (Å²) in [5.74, 6) is -0.445. The van der Waals surface area contributed by atoms with Crippen LogP contribution in [0.3, 0.4) is 0 Å². The number of esters is 1. The molecule has 1 atom stereocenters. The molecule has 90 valence electrons. The maximum Gasteiger partial charge on any atom is 0.319 e. The van der Waals surface area contributed by atoms with Crippen LogP contribution >= 0.6 is 0 Å². The Morgan fingerprint density at radius 1 is 1.50 bits per heavy atom. The molecule has 0 spiro atoms. The third-order valence-electron chi connectivity index (χ3n) is 3.26. The molecule has 0 bridgehead atoms. The molecule has 0 amide bonds. The van der Waals surface area contributed by atoms with Gasteiger partial charge in [0, 0.05) is 0 Å². The molecule has 0 saturated heterocycles. The summed E-state index contributed by atoms with van der Waals surface area (Å²) in [6.07, 6.45) is 8.42. The number of ether oxygens (including phenoxy) is 1. The topological polar surface area (TPSA) is 43.4 Å². The van der Waals surface area contributed by atoms with Crippen molar-refractivity contribution in [2.75, 3.05) is 7.11 Å². The quantitative estimate of drug-likeness (QED) is 0.409. The van der Waals surface area contributed by atoms with Crippen LogP contribution in [0.25, 0.3) is 0 Å². The minimum absolute atomic E-state index is 0.0818. The van der Waals surface area contributed by atoms with E-state index in [1.54, 1.807) is 0 Å². The van der Waals surface area contributed by atoms with Gasteiger partial charge < -0.3 is 4.74 Å². The van der Waals surface area contributed by atoms with E-state index in [4.69, 9.17) is 4.74 Å².